The average Bonchev–Trinajstić information content (AvgIpc) is 2.84. The van der Waals surface area contributed by atoms with Gasteiger partial charge in [0.15, 0.2) is 0 Å². The third-order valence-corrected chi connectivity index (χ3v) is 5.74. The molecule has 0 unspecified atom stereocenters. The van der Waals surface area contributed by atoms with Crippen molar-refractivity contribution in [1.29, 1.82) is 0 Å². The van der Waals surface area contributed by atoms with Gasteiger partial charge in [-0.15, -0.1) is 0 Å². The van der Waals surface area contributed by atoms with E-state index in [2.05, 4.69) is 4.37 Å². The van der Waals surface area contributed by atoms with Crippen LogP contribution < -0.4 is 5.56 Å². The van der Waals surface area contributed by atoms with Gasteiger partial charge < -0.3 is 0 Å². The van der Waals surface area contributed by atoms with Crippen LogP contribution in [0.2, 0.25) is 0 Å². The van der Waals surface area contributed by atoms with Crippen LogP contribution in [0.3, 0.4) is 0 Å². The number of hydrogen-bond acceptors (Lipinski definition) is 3. The van der Waals surface area contributed by atoms with Gasteiger partial charge >= 0.3 is 102 Å². The second-order valence-electron chi connectivity index (χ2n) is 3.49. The van der Waals surface area contributed by atoms with E-state index in [9.17, 15) is 4.79 Å². The SMILES string of the molecule is Cc1cc(-n2[se]c3ccccc3c2=O)sn1. The van der Waals surface area contributed by atoms with Crippen LogP contribution in [0.1, 0.15) is 5.69 Å². The van der Waals surface area contributed by atoms with Gasteiger partial charge in [-0.2, -0.15) is 0 Å². The van der Waals surface area contributed by atoms with Crippen molar-refractivity contribution < 1.29 is 0 Å². The van der Waals surface area contributed by atoms with Crippen molar-refractivity contribution in [3.05, 3.63) is 46.4 Å². The molecule has 2 aromatic heterocycles. The number of aryl methyl sites for hydroxylation is 1. The maximum absolute atomic E-state index is 12.1. The number of benzene rings is 1. The summed E-state index contributed by atoms with van der Waals surface area (Å²) in [4.78, 5) is 12.1. The van der Waals surface area contributed by atoms with Crippen molar-refractivity contribution in [1.82, 2.24) is 7.94 Å². The van der Waals surface area contributed by atoms with Gasteiger partial charge in [0.25, 0.3) is 0 Å². The van der Waals surface area contributed by atoms with Gasteiger partial charge in [0, 0.05) is 0 Å². The monoisotopic (exact) mass is 296 g/mol. The molecule has 0 aliphatic heterocycles. The van der Waals surface area contributed by atoms with E-state index >= 15 is 0 Å². The van der Waals surface area contributed by atoms with Crippen LogP contribution in [-0.4, -0.2) is 22.7 Å². The predicted molar refractivity (Wildman–Crippen MR) is 66.9 cm³/mol. The molecule has 0 radical (unpaired) electrons. The minimum absolute atomic E-state index is 0.0622. The first-order chi connectivity index (χ1) is 7.75. The molecule has 0 saturated carbocycles. The van der Waals surface area contributed by atoms with Gasteiger partial charge in [-0.1, -0.05) is 0 Å². The van der Waals surface area contributed by atoms with E-state index in [-0.39, 0.29) is 20.3 Å². The molecule has 0 spiro atoms. The van der Waals surface area contributed by atoms with E-state index < -0.39 is 0 Å². The third-order valence-electron chi connectivity index (χ3n) is 2.31. The van der Waals surface area contributed by atoms with Crippen LogP contribution in [0, 0.1) is 6.92 Å². The van der Waals surface area contributed by atoms with E-state index in [0.717, 1.165) is 20.3 Å². The van der Waals surface area contributed by atoms with Crippen LogP contribution in [-0.2, 0) is 0 Å². The summed E-state index contributed by atoms with van der Waals surface area (Å²) >= 11 is 1.45. The minimum atomic E-state index is 0.0622. The van der Waals surface area contributed by atoms with Crippen molar-refractivity contribution in [3.63, 3.8) is 0 Å². The molecule has 0 bridgehead atoms. The Morgan fingerprint density at radius 3 is 2.88 bits per heavy atom. The fourth-order valence-corrected chi connectivity index (χ4v) is 4.55. The summed E-state index contributed by atoms with van der Waals surface area (Å²) in [5, 5.41) is 1.80. The summed E-state index contributed by atoms with van der Waals surface area (Å²) in [5.41, 5.74) is 1.08. The van der Waals surface area contributed by atoms with Gasteiger partial charge in [-0.25, -0.2) is 0 Å². The van der Waals surface area contributed by atoms with E-state index in [1.165, 1.54) is 11.5 Å². The number of nitrogens with zero attached hydrogens (tertiary/aromatic N) is 2. The van der Waals surface area contributed by atoms with Crippen molar-refractivity contribution in [2.24, 2.45) is 0 Å². The van der Waals surface area contributed by atoms with Gasteiger partial charge in [0.05, 0.1) is 0 Å². The standard InChI is InChI=1S/C11H8N2OSSe/c1-7-6-10(15-12-7)13-11(14)8-4-2-3-5-9(8)16-13/h2-6H,1H3. The topological polar surface area (TPSA) is 34.9 Å². The summed E-state index contributed by atoms with van der Waals surface area (Å²) in [6, 6.07) is 9.79. The predicted octanol–water partition coefficient (Wildman–Crippen LogP) is 1.81. The maximum atomic E-state index is 12.1. The Morgan fingerprint density at radius 2 is 2.19 bits per heavy atom. The van der Waals surface area contributed by atoms with Crippen molar-refractivity contribution >= 4 is 35.9 Å². The first-order valence-electron chi connectivity index (χ1n) is 4.80. The fraction of sp³-hybridized carbons (Fsp3) is 0.0909. The number of aromatic nitrogens is 2. The molecule has 0 N–H and O–H groups in total. The molecular weight excluding hydrogens is 287 g/mol. The molecule has 5 heteroatoms. The van der Waals surface area contributed by atoms with Crippen molar-refractivity contribution in [2.75, 3.05) is 0 Å². The van der Waals surface area contributed by atoms with Gasteiger partial charge in [0.1, 0.15) is 0 Å². The Balaban J connectivity index is 2.33. The Bertz CT molecular complexity index is 710. The molecule has 0 atom stereocenters. The van der Waals surface area contributed by atoms with Gasteiger partial charge in [-0.05, 0) is 0 Å². The molecule has 1 aromatic carbocycles. The number of hydrogen-bond donors (Lipinski definition) is 0. The molecule has 0 amide bonds. The molecule has 80 valence electrons. The molecule has 0 aliphatic rings. The van der Waals surface area contributed by atoms with E-state index in [1.54, 1.807) is 0 Å². The van der Waals surface area contributed by atoms with Crippen LogP contribution in [0.4, 0.5) is 0 Å². The molecular formula is C11H8N2OSSe. The zero-order valence-corrected chi connectivity index (χ0v) is 11.0. The van der Waals surface area contributed by atoms with Crippen molar-refractivity contribution in [3.8, 4) is 5.00 Å². The van der Waals surface area contributed by atoms with Crippen LogP contribution >= 0.6 is 11.5 Å². The summed E-state index contributed by atoms with van der Waals surface area (Å²) in [6.45, 7) is 1.95. The van der Waals surface area contributed by atoms with E-state index in [4.69, 9.17) is 0 Å². The Labute approximate surface area is 102 Å². The molecule has 3 rings (SSSR count). The number of fused-ring (bicyclic) bond motifs is 1. The molecule has 0 fully saturated rings. The van der Waals surface area contributed by atoms with Gasteiger partial charge in [-0.3, -0.25) is 0 Å². The zero-order valence-electron chi connectivity index (χ0n) is 8.51. The van der Waals surface area contributed by atoms with Crippen LogP contribution in [0.25, 0.3) is 14.6 Å². The molecule has 3 aromatic rings. The molecule has 16 heavy (non-hydrogen) atoms. The van der Waals surface area contributed by atoms with E-state index in [1.807, 2.05) is 40.8 Å². The molecule has 0 aliphatic carbocycles. The van der Waals surface area contributed by atoms with Crippen molar-refractivity contribution in [2.45, 2.75) is 6.92 Å². The Morgan fingerprint density at radius 1 is 1.38 bits per heavy atom. The normalized spacial score (nSPS) is 11.1. The van der Waals surface area contributed by atoms with Crippen LogP contribution in [0.15, 0.2) is 35.1 Å². The Kier molecular flexibility index (Phi) is 2.32. The third kappa shape index (κ3) is 1.48. The average molecular weight is 295 g/mol. The first-order valence-corrected chi connectivity index (χ1v) is 7.20. The molecule has 3 nitrogen and oxygen atoms in total. The van der Waals surface area contributed by atoms with E-state index in [0.29, 0.717) is 0 Å². The molecule has 2 heterocycles. The summed E-state index contributed by atoms with van der Waals surface area (Å²) < 4.78 is 7.22. The second-order valence-corrected chi connectivity index (χ2v) is 6.35. The quantitative estimate of drug-likeness (QED) is 0.642. The fourth-order valence-electron chi connectivity index (χ4n) is 1.56. The first kappa shape index (κ1) is 10.0. The van der Waals surface area contributed by atoms with Gasteiger partial charge in [0.2, 0.25) is 0 Å². The summed E-state index contributed by atoms with van der Waals surface area (Å²) in [6.07, 6.45) is 0. The summed E-state index contributed by atoms with van der Waals surface area (Å²) in [5.74, 6) is 0. The second kappa shape index (κ2) is 3.70. The number of rotatable bonds is 1. The van der Waals surface area contributed by atoms with Crippen LogP contribution in [0.5, 0.6) is 0 Å². The Hall–Kier alpha value is -1.16. The summed E-state index contributed by atoms with van der Waals surface area (Å²) in [7, 11) is 0. The zero-order chi connectivity index (χ0) is 11.1. The molecule has 0 saturated heterocycles.